The van der Waals surface area contributed by atoms with Gasteiger partial charge in [0.1, 0.15) is 0 Å². The Morgan fingerprint density at radius 3 is 2.22 bits per heavy atom. The first-order chi connectivity index (χ1) is 10.8. The van der Waals surface area contributed by atoms with E-state index < -0.39 is 15.9 Å². The number of amides is 2. The van der Waals surface area contributed by atoms with E-state index in [0.29, 0.717) is 11.3 Å². The van der Waals surface area contributed by atoms with Crippen LogP contribution in [0.5, 0.6) is 0 Å². The van der Waals surface area contributed by atoms with Crippen molar-refractivity contribution >= 4 is 27.5 Å². The molecule has 0 aliphatic carbocycles. The van der Waals surface area contributed by atoms with E-state index in [1.54, 1.807) is 18.2 Å². The topological polar surface area (TPSA) is 92.3 Å². The van der Waals surface area contributed by atoms with Gasteiger partial charge in [-0.15, -0.1) is 0 Å². The molecule has 0 unspecified atom stereocenters. The average molecular weight is 332 g/mol. The van der Waals surface area contributed by atoms with Crippen molar-refractivity contribution in [2.45, 2.75) is 18.7 Å². The van der Waals surface area contributed by atoms with Crippen LogP contribution in [0.4, 0.5) is 5.69 Å². The van der Waals surface area contributed by atoms with Crippen molar-refractivity contribution in [3.63, 3.8) is 0 Å². The molecule has 0 atom stereocenters. The molecule has 0 bridgehead atoms. The van der Waals surface area contributed by atoms with E-state index in [0.717, 1.165) is 12.5 Å². The maximum atomic E-state index is 12.1. The minimum atomic E-state index is -3.87. The summed E-state index contributed by atoms with van der Waals surface area (Å²) in [6.45, 7) is 3.01. The second-order valence-corrected chi connectivity index (χ2v) is 6.69. The van der Waals surface area contributed by atoms with Crippen molar-refractivity contribution in [2.24, 2.45) is 0 Å². The van der Waals surface area contributed by atoms with Gasteiger partial charge in [0, 0.05) is 18.2 Å². The van der Waals surface area contributed by atoms with Gasteiger partial charge in [0.15, 0.2) is 0 Å². The van der Waals surface area contributed by atoms with Crippen molar-refractivity contribution in [3.8, 4) is 0 Å². The van der Waals surface area contributed by atoms with Crippen molar-refractivity contribution in [1.82, 2.24) is 4.72 Å². The first kappa shape index (κ1) is 16.7. The Bertz CT molecular complexity index is 843. The molecule has 6 nitrogen and oxygen atoms in total. The number of aryl methyl sites for hydroxylation is 1. The van der Waals surface area contributed by atoms with Crippen LogP contribution in [-0.4, -0.2) is 20.2 Å². The summed E-state index contributed by atoms with van der Waals surface area (Å²) < 4.78 is 25.5. The zero-order valence-corrected chi connectivity index (χ0v) is 13.5. The first-order valence-electron chi connectivity index (χ1n) is 6.79. The molecule has 2 N–H and O–H groups in total. The lowest BCUT2D eigenvalue weighted by Gasteiger charge is -2.08. The summed E-state index contributed by atoms with van der Waals surface area (Å²) in [4.78, 5) is 22.9. The number of carbonyl (C=O) groups excluding carboxylic acids is 2. The molecular weight excluding hydrogens is 316 g/mol. The highest BCUT2D eigenvalue weighted by atomic mass is 32.2. The molecule has 2 rings (SSSR count). The number of benzene rings is 2. The van der Waals surface area contributed by atoms with Crippen molar-refractivity contribution in [2.75, 3.05) is 5.32 Å². The minimum absolute atomic E-state index is 0.0544. The van der Waals surface area contributed by atoms with Gasteiger partial charge in [-0.2, -0.15) is 0 Å². The monoisotopic (exact) mass is 332 g/mol. The molecule has 0 aromatic heterocycles. The van der Waals surface area contributed by atoms with Gasteiger partial charge in [0.05, 0.1) is 4.90 Å². The summed E-state index contributed by atoms with van der Waals surface area (Å²) in [6, 6.07) is 12.7. The summed E-state index contributed by atoms with van der Waals surface area (Å²) in [5.74, 6) is -0.951. The minimum Gasteiger partial charge on any atom is -0.322 e. The molecule has 23 heavy (non-hydrogen) atoms. The summed E-state index contributed by atoms with van der Waals surface area (Å²) in [5.41, 5.74) is 1.94. The second kappa shape index (κ2) is 6.62. The van der Waals surface area contributed by atoms with E-state index in [4.69, 9.17) is 0 Å². The number of sulfonamides is 1. The highest BCUT2D eigenvalue weighted by Gasteiger charge is 2.15. The van der Waals surface area contributed by atoms with Crippen LogP contribution in [0, 0.1) is 6.92 Å². The molecule has 0 aliphatic heterocycles. The number of hydrogen-bond donors (Lipinski definition) is 2. The van der Waals surface area contributed by atoms with E-state index in [1.165, 1.54) is 24.3 Å². The first-order valence-corrected chi connectivity index (χ1v) is 8.28. The standard InChI is InChI=1S/C16H16N2O4S/c1-11-4-3-5-13(10-11)16(20)17-14-6-8-15(9-7-14)23(21,22)18-12(2)19/h3-10H,1-2H3,(H,17,20)(H,18,19). The number of nitrogens with one attached hydrogen (secondary N) is 2. The molecule has 0 aliphatic rings. The van der Waals surface area contributed by atoms with Gasteiger partial charge < -0.3 is 5.32 Å². The normalized spacial score (nSPS) is 10.9. The van der Waals surface area contributed by atoms with E-state index in [9.17, 15) is 18.0 Å². The van der Waals surface area contributed by atoms with Crippen molar-refractivity contribution in [3.05, 3.63) is 59.7 Å². The highest BCUT2D eigenvalue weighted by molar-refractivity contribution is 7.90. The molecule has 7 heteroatoms. The average Bonchev–Trinajstić information content (AvgIpc) is 2.46. The number of anilines is 1. The van der Waals surface area contributed by atoms with E-state index >= 15 is 0 Å². The van der Waals surface area contributed by atoms with Gasteiger partial charge >= 0.3 is 0 Å². The molecule has 0 heterocycles. The third-order valence-electron chi connectivity index (χ3n) is 2.98. The third-order valence-corrected chi connectivity index (χ3v) is 4.43. The molecular formula is C16H16N2O4S. The lowest BCUT2D eigenvalue weighted by molar-refractivity contribution is -0.117. The molecule has 120 valence electrons. The van der Waals surface area contributed by atoms with Crippen LogP contribution in [0.3, 0.4) is 0 Å². The maximum Gasteiger partial charge on any atom is 0.264 e. The fraction of sp³-hybridized carbons (Fsp3) is 0.125. The predicted molar refractivity (Wildman–Crippen MR) is 86.6 cm³/mol. The Morgan fingerprint density at radius 2 is 1.65 bits per heavy atom. The maximum absolute atomic E-state index is 12.1. The van der Waals surface area contributed by atoms with E-state index in [-0.39, 0.29) is 10.8 Å². The summed E-state index contributed by atoms with van der Waals surface area (Å²) in [7, 11) is -3.87. The molecule has 2 aromatic carbocycles. The van der Waals surface area contributed by atoms with Gasteiger partial charge in [0.25, 0.3) is 15.9 Å². The van der Waals surface area contributed by atoms with Crippen LogP contribution in [-0.2, 0) is 14.8 Å². The Labute approximate surface area is 134 Å². The van der Waals surface area contributed by atoms with Gasteiger partial charge in [-0.25, -0.2) is 13.1 Å². The Hall–Kier alpha value is -2.67. The smallest absolute Gasteiger partial charge is 0.264 e. The van der Waals surface area contributed by atoms with Crippen LogP contribution in [0.15, 0.2) is 53.4 Å². The van der Waals surface area contributed by atoms with Crippen LogP contribution in [0.1, 0.15) is 22.8 Å². The van der Waals surface area contributed by atoms with Gasteiger partial charge in [-0.3, -0.25) is 9.59 Å². The highest BCUT2D eigenvalue weighted by Crippen LogP contribution is 2.15. The number of carbonyl (C=O) groups is 2. The molecule has 0 fully saturated rings. The molecule has 2 amide bonds. The largest absolute Gasteiger partial charge is 0.322 e. The van der Waals surface area contributed by atoms with Crippen LogP contribution in [0.25, 0.3) is 0 Å². The van der Waals surface area contributed by atoms with E-state index in [1.807, 2.05) is 17.7 Å². The van der Waals surface area contributed by atoms with E-state index in [2.05, 4.69) is 5.32 Å². The van der Waals surface area contributed by atoms with Crippen LogP contribution >= 0.6 is 0 Å². The van der Waals surface area contributed by atoms with Gasteiger partial charge in [-0.1, -0.05) is 17.7 Å². The van der Waals surface area contributed by atoms with Gasteiger partial charge in [0.2, 0.25) is 5.91 Å². The third kappa shape index (κ3) is 4.40. The SMILES string of the molecule is CC(=O)NS(=O)(=O)c1ccc(NC(=O)c2cccc(C)c2)cc1. The quantitative estimate of drug-likeness (QED) is 0.896. The lowest BCUT2D eigenvalue weighted by Crippen LogP contribution is -2.28. The zero-order chi connectivity index (χ0) is 17.0. The summed E-state index contributed by atoms with van der Waals surface area (Å²) >= 11 is 0. The lowest BCUT2D eigenvalue weighted by atomic mass is 10.1. The fourth-order valence-electron chi connectivity index (χ4n) is 1.96. The Morgan fingerprint density at radius 1 is 1.00 bits per heavy atom. The molecule has 0 spiro atoms. The summed E-state index contributed by atoms with van der Waals surface area (Å²) in [6.07, 6.45) is 0. The van der Waals surface area contributed by atoms with Crippen LogP contribution in [0.2, 0.25) is 0 Å². The number of rotatable bonds is 4. The Balaban J connectivity index is 2.14. The summed E-state index contributed by atoms with van der Waals surface area (Å²) in [5, 5.41) is 2.68. The van der Waals surface area contributed by atoms with Crippen molar-refractivity contribution < 1.29 is 18.0 Å². The molecule has 0 saturated heterocycles. The molecule has 0 saturated carbocycles. The predicted octanol–water partition coefficient (Wildman–Crippen LogP) is 2.07. The molecule has 2 aromatic rings. The van der Waals surface area contributed by atoms with Crippen LogP contribution < -0.4 is 10.0 Å². The molecule has 0 radical (unpaired) electrons. The Kier molecular flexibility index (Phi) is 4.80. The fourth-order valence-corrected chi connectivity index (χ4v) is 2.95. The zero-order valence-electron chi connectivity index (χ0n) is 12.7. The van der Waals surface area contributed by atoms with Crippen molar-refractivity contribution in [1.29, 1.82) is 0 Å². The number of hydrogen-bond acceptors (Lipinski definition) is 4. The van der Waals surface area contributed by atoms with Gasteiger partial charge in [-0.05, 0) is 43.3 Å². The second-order valence-electron chi connectivity index (χ2n) is 5.01.